The van der Waals surface area contributed by atoms with Gasteiger partial charge in [0, 0.05) is 36.3 Å². The van der Waals surface area contributed by atoms with E-state index in [1.54, 1.807) is 11.3 Å². The van der Waals surface area contributed by atoms with Crippen LogP contribution in [0.25, 0.3) is 0 Å². The van der Waals surface area contributed by atoms with Crippen molar-refractivity contribution in [2.24, 2.45) is 7.05 Å². The third kappa shape index (κ3) is 3.08. The first-order chi connectivity index (χ1) is 9.50. The van der Waals surface area contributed by atoms with E-state index in [9.17, 15) is 9.59 Å². The van der Waals surface area contributed by atoms with Gasteiger partial charge in [-0.15, -0.1) is 11.3 Å². The predicted molar refractivity (Wildman–Crippen MR) is 81.4 cm³/mol. The third-order valence-electron chi connectivity index (χ3n) is 3.60. The summed E-state index contributed by atoms with van der Waals surface area (Å²) in [5, 5.41) is 2.07. The predicted octanol–water partition coefficient (Wildman–Crippen LogP) is 1.37. The van der Waals surface area contributed by atoms with Crippen molar-refractivity contribution in [1.29, 1.82) is 0 Å². The average molecular weight is 293 g/mol. The Morgan fingerprint density at radius 1 is 1.45 bits per heavy atom. The first kappa shape index (κ1) is 14.7. The van der Waals surface area contributed by atoms with E-state index < -0.39 is 0 Å². The normalized spacial score (nSPS) is 12.8. The second-order valence-corrected chi connectivity index (χ2v) is 5.88. The molecule has 5 nitrogen and oxygen atoms in total. The number of nitrogens with one attached hydrogen (secondary N) is 1. The average Bonchev–Trinajstić information content (AvgIpc) is 2.97. The second-order valence-electron chi connectivity index (χ2n) is 4.91. The van der Waals surface area contributed by atoms with Gasteiger partial charge in [0.15, 0.2) is 0 Å². The van der Waals surface area contributed by atoms with Gasteiger partial charge in [-0.05, 0) is 31.8 Å². The van der Waals surface area contributed by atoms with Crippen molar-refractivity contribution in [3.8, 4) is 0 Å². The molecule has 2 aromatic heterocycles. The van der Waals surface area contributed by atoms with Crippen LogP contribution in [0, 0.1) is 0 Å². The van der Waals surface area contributed by atoms with Crippen LogP contribution in [0.4, 0.5) is 0 Å². The van der Waals surface area contributed by atoms with E-state index in [0.29, 0.717) is 18.0 Å². The van der Waals surface area contributed by atoms with E-state index in [1.165, 1.54) is 18.1 Å². The summed E-state index contributed by atoms with van der Waals surface area (Å²) in [5.74, 6) is 0. The number of rotatable bonds is 5. The van der Waals surface area contributed by atoms with Crippen LogP contribution in [0.1, 0.15) is 23.4 Å². The molecular weight excluding hydrogens is 274 g/mol. The van der Waals surface area contributed by atoms with Crippen LogP contribution in [0.2, 0.25) is 0 Å². The standard InChI is InChI=1S/C14H19N3O2S/c1-10(12-5-4-8-20-12)16(2)7-6-11-9-15-14(19)17(3)13(11)18/h4-5,8-10H,6-7H2,1-3H3,(H,15,19). The highest BCUT2D eigenvalue weighted by molar-refractivity contribution is 7.10. The van der Waals surface area contributed by atoms with Crippen molar-refractivity contribution in [1.82, 2.24) is 14.5 Å². The molecule has 1 unspecified atom stereocenters. The molecule has 0 bridgehead atoms. The molecule has 2 rings (SSSR count). The quantitative estimate of drug-likeness (QED) is 0.906. The van der Waals surface area contributed by atoms with E-state index in [-0.39, 0.29) is 11.2 Å². The molecule has 0 amide bonds. The number of nitrogens with zero attached hydrogens (tertiary/aromatic N) is 2. The molecule has 0 saturated heterocycles. The van der Waals surface area contributed by atoms with Gasteiger partial charge in [0.05, 0.1) is 0 Å². The molecule has 20 heavy (non-hydrogen) atoms. The number of aromatic amines is 1. The van der Waals surface area contributed by atoms with Crippen molar-refractivity contribution in [3.63, 3.8) is 0 Å². The fourth-order valence-corrected chi connectivity index (χ4v) is 2.88. The van der Waals surface area contributed by atoms with Crippen LogP contribution in [0.15, 0.2) is 33.3 Å². The lowest BCUT2D eigenvalue weighted by Crippen LogP contribution is -2.35. The molecule has 2 aromatic rings. The van der Waals surface area contributed by atoms with Gasteiger partial charge in [-0.3, -0.25) is 14.3 Å². The molecule has 0 aromatic carbocycles. The summed E-state index contributed by atoms with van der Waals surface area (Å²) in [4.78, 5) is 29.3. The highest BCUT2D eigenvalue weighted by Crippen LogP contribution is 2.23. The van der Waals surface area contributed by atoms with Gasteiger partial charge < -0.3 is 4.98 Å². The Kier molecular flexibility index (Phi) is 4.57. The van der Waals surface area contributed by atoms with Gasteiger partial charge in [-0.1, -0.05) is 6.07 Å². The minimum Gasteiger partial charge on any atom is -0.314 e. The number of thiophene rings is 1. The Morgan fingerprint density at radius 2 is 2.20 bits per heavy atom. The topological polar surface area (TPSA) is 58.1 Å². The van der Waals surface area contributed by atoms with Crippen molar-refractivity contribution in [3.05, 3.63) is 55.0 Å². The lowest BCUT2D eigenvalue weighted by molar-refractivity contribution is 0.268. The number of aromatic nitrogens is 2. The molecule has 0 aliphatic carbocycles. The Morgan fingerprint density at radius 3 is 2.85 bits per heavy atom. The highest BCUT2D eigenvalue weighted by Gasteiger charge is 2.13. The first-order valence-electron chi connectivity index (χ1n) is 6.52. The molecule has 2 heterocycles. The second kappa shape index (κ2) is 6.19. The molecule has 108 valence electrons. The maximum Gasteiger partial charge on any atom is 0.328 e. The highest BCUT2D eigenvalue weighted by atomic mass is 32.1. The van der Waals surface area contributed by atoms with Crippen LogP contribution in [0.5, 0.6) is 0 Å². The van der Waals surface area contributed by atoms with Crippen molar-refractivity contribution < 1.29 is 0 Å². The van der Waals surface area contributed by atoms with Crippen LogP contribution in [-0.4, -0.2) is 28.0 Å². The number of likely N-dealkylation sites (N-methyl/N-ethyl adjacent to an activating group) is 1. The molecule has 1 atom stereocenters. The fraction of sp³-hybridized carbons (Fsp3) is 0.429. The number of hydrogen-bond donors (Lipinski definition) is 1. The summed E-state index contributed by atoms with van der Waals surface area (Å²) in [7, 11) is 3.53. The zero-order valence-electron chi connectivity index (χ0n) is 11.9. The Balaban J connectivity index is 2.04. The summed E-state index contributed by atoms with van der Waals surface area (Å²) in [6.45, 7) is 2.91. The van der Waals surface area contributed by atoms with Crippen LogP contribution in [0.3, 0.4) is 0 Å². The van der Waals surface area contributed by atoms with Crippen LogP contribution >= 0.6 is 11.3 Å². The lowest BCUT2D eigenvalue weighted by atomic mass is 10.2. The maximum atomic E-state index is 11.9. The lowest BCUT2D eigenvalue weighted by Gasteiger charge is -2.23. The van der Waals surface area contributed by atoms with Gasteiger partial charge in [-0.25, -0.2) is 4.79 Å². The van der Waals surface area contributed by atoms with Crippen LogP contribution in [-0.2, 0) is 13.5 Å². The van der Waals surface area contributed by atoms with Crippen LogP contribution < -0.4 is 11.2 Å². The molecular formula is C14H19N3O2S. The molecule has 6 heteroatoms. The molecule has 0 aliphatic heterocycles. The first-order valence-corrected chi connectivity index (χ1v) is 7.40. The molecule has 0 spiro atoms. The Bertz CT molecular complexity index is 672. The van der Waals surface area contributed by atoms with Gasteiger partial charge in [0.1, 0.15) is 0 Å². The van der Waals surface area contributed by atoms with E-state index in [1.807, 2.05) is 13.1 Å². The van der Waals surface area contributed by atoms with E-state index in [0.717, 1.165) is 11.1 Å². The maximum absolute atomic E-state index is 11.9. The smallest absolute Gasteiger partial charge is 0.314 e. The minimum absolute atomic E-state index is 0.217. The summed E-state index contributed by atoms with van der Waals surface area (Å²) >= 11 is 1.73. The largest absolute Gasteiger partial charge is 0.328 e. The number of hydrogen-bond acceptors (Lipinski definition) is 4. The van der Waals surface area contributed by atoms with Crippen molar-refractivity contribution >= 4 is 11.3 Å². The fourth-order valence-electron chi connectivity index (χ4n) is 2.03. The molecule has 1 N–H and O–H groups in total. The van der Waals surface area contributed by atoms with E-state index in [2.05, 4.69) is 28.3 Å². The van der Waals surface area contributed by atoms with Gasteiger partial charge in [0.2, 0.25) is 0 Å². The summed E-state index contributed by atoms with van der Waals surface area (Å²) in [5.41, 5.74) is 0.0438. The van der Waals surface area contributed by atoms with E-state index in [4.69, 9.17) is 0 Å². The Hall–Kier alpha value is -1.66. The SMILES string of the molecule is CC(c1cccs1)N(C)CCc1c[nH]c(=O)n(C)c1=O. The van der Waals surface area contributed by atoms with Gasteiger partial charge in [0.25, 0.3) is 5.56 Å². The summed E-state index contributed by atoms with van der Waals surface area (Å²) in [6.07, 6.45) is 2.14. The van der Waals surface area contributed by atoms with Gasteiger partial charge >= 0.3 is 5.69 Å². The molecule has 0 aliphatic rings. The zero-order chi connectivity index (χ0) is 14.7. The summed E-state index contributed by atoms with van der Waals surface area (Å²) in [6, 6.07) is 4.48. The molecule has 0 radical (unpaired) electrons. The Labute approximate surface area is 121 Å². The third-order valence-corrected chi connectivity index (χ3v) is 4.65. The number of H-pyrrole nitrogens is 1. The van der Waals surface area contributed by atoms with Crippen molar-refractivity contribution in [2.75, 3.05) is 13.6 Å². The summed E-state index contributed by atoms with van der Waals surface area (Å²) < 4.78 is 1.11. The van der Waals surface area contributed by atoms with Crippen molar-refractivity contribution in [2.45, 2.75) is 19.4 Å². The monoisotopic (exact) mass is 293 g/mol. The van der Waals surface area contributed by atoms with Gasteiger partial charge in [-0.2, -0.15) is 0 Å². The molecule has 0 saturated carbocycles. The minimum atomic E-state index is -0.376. The molecule has 0 fully saturated rings. The zero-order valence-corrected chi connectivity index (χ0v) is 12.7. The van der Waals surface area contributed by atoms with E-state index >= 15 is 0 Å².